The molecule has 0 unspecified atom stereocenters. The van der Waals surface area contributed by atoms with Crippen LogP contribution in [0.25, 0.3) is 22.2 Å². The summed E-state index contributed by atoms with van der Waals surface area (Å²) >= 11 is 0. The summed E-state index contributed by atoms with van der Waals surface area (Å²) in [6.07, 6.45) is 9.19. The van der Waals surface area contributed by atoms with Crippen LogP contribution in [0, 0.1) is 0 Å². The Morgan fingerprint density at radius 2 is 1.77 bits per heavy atom. The quantitative estimate of drug-likeness (QED) is 0.534. The van der Waals surface area contributed by atoms with Crippen molar-refractivity contribution in [3.8, 4) is 11.1 Å². The van der Waals surface area contributed by atoms with Crippen LogP contribution in [0.2, 0.25) is 0 Å². The van der Waals surface area contributed by atoms with E-state index in [-0.39, 0.29) is 11.3 Å². The van der Waals surface area contributed by atoms with Crippen molar-refractivity contribution in [1.82, 2.24) is 9.97 Å². The van der Waals surface area contributed by atoms with Crippen LogP contribution < -0.4 is 9.62 Å². The lowest BCUT2D eigenvalue weighted by molar-refractivity contribution is -0.107. The molecule has 162 valence electrons. The molecule has 2 aromatic heterocycles. The van der Waals surface area contributed by atoms with Gasteiger partial charge in [-0.1, -0.05) is 31.4 Å². The number of carbonyl (C=O) groups is 1. The van der Waals surface area contributed by atoms with E-state index in [1.54, 1.807) is 17.0 Å². The molecule has 3 aromatic rings. The average Bonchev–Trinajstić information content (AvgIpc) is 3.50. The minimum Gasteiger partial charge on any atom is -0.346 e. The van der Waals surface area contributed by atoms with E-state index in [0.29, 0.717) is 11.5 Å². The summed E-state index contributed by atoms with van der Waals surface area (Å²) in [6, 6.07) is 11.5. The van der Waals surface area contributed by atoms with E-state index in [4.69, 9.17) is 0 Å². The van der Waals surface area contributed by atoms with Crippen molar-refractivity contribution in [3.63, 3.8) is 0 Å². The Kier molecular flexibility index (Phi) is 5.17. The molecule has 1 amide bonds. The number of nitrogens with one attached hydrogen (secondary N) is 2. The Labute approximate surface area is 181 Å². The molecule has 0 bridgehead atoms. The smallest absolute Gasteiger partial charge is 0.235 e. The number of anilines is 2. The SMILES string of the molecule is O=CN(c1cc(-c2ccc(NS(=O)(=O)C3CCCCC3)cc2)c2cc[nH]c2n1)C1CC1. The number of nitrogens with zero attached hydrogens (tertiary/aromatic N) is 2. The Balaban J connectivity index is 1.44. The number of benzene rings is 1. The van der Waals surface area contributed by atoms with E-state index in [9.17, 15) is 13.2 Å². The third kappa shape index (κ3) is 4.04. The number of hydrogen-bond donors (Lipinski definition) is 2. The Morgan fingerprint density at radius 3 is 2.45 bits per heavy atom. The highest BCUT2D eigenvalue weighted by Gasteiger charge is 2.30. The van der Waals surface area contributed by atoms with Crippen molar-refractivity contribution in [2.24, 2.45) is 0 Å². The first kappa shape index (κ1) is 20.1. The van der Waals surface area contributed by atoms with Gasteiger partial charge in [0, 0.05) is 23.3 Å². The fourth-order valence-corrected chi connectivity index (χ4v) is 6.00. The lowest BCUT2D eigenvalue weighted by atomic mass is 10.0. The number of pyridine rings is 1. The van der Waals surface area contributed by atoms with Gasteiger partial charge in [-0.25, -0.2) is 13.4 Å². The minimum absolute atomic E-state index is 0.224. The Hall–Kier alpha value is -2.87. The molecule has 0 spiro atoms. The minimum atomic E-state index is -3.37. The molecule has 2 heterocycles. The molecule has 5 rings (SSSR count). The number of amides is 1. The van der Waals surface area contributed by atoms with Crippen LogP contribution in [0.15, 0.2) is 42.6 Å². The summed E-state index contributed by atoms with van der Waals surface area (Å²) < 4.78 is 28.2. The molecule has 0 saturated heterocycles. The predicted molar refractivity (Wildman–Crippen MR) is 123 cm³/mol. The topological polar surface area (TPSA) is 95.2 Å². The Morgan fingerprint density at radius 1 is 1.03 bits per heavy atom. The Bertz CT molecular complexity index is 1190. The van der Waals surface area contributed by atoms with Gasteiger partial charge in [-0.05, 0) is 61.1 Å². The van der Waals surface area contributed by atoms with E-state index in [1.807, 2.05) is 30.5 Å². The molecule has 0 aliphatic heterocycles. The van der Waals surface area contributed by atoms with Crippen molar-refractivity contribution in [2.45, 2.75) is 56.2 Å². The number of sulfonamides is 1. The molecule has 31 heavy (non-hydrogen) atoms. The largest absolute Gasteiger partial charge is 0.346 e. The summed E-state index contributed by atoms with van der Waals surface area (Å²) in [5.41, 5.74) is 3.19. The lowest BCUT2D eigenvalue weighted by Gasteiger charge is -2.22. The second-order valence-corrected chi connectivity index (χ2v) is 10.5. The van der Waals surface area contributed by atoms with Crippen LogP contribution in [0.5, 0.6) is 0 Å². The number of carbonyl (C=O) groups excluding carboxylic acids is 1. The molecule has 2 saturated carbocycles. The van der Waals surface area contributed by atoms with Crippen LogP contribution in [0.1, 0.15) is 44.9 Å². The third-order valence-electron chi connectivity index (χ3n) is 6.28. The lowest BCUT2D eigenvalue weighted by Crippen LogP contribution is -2.29. The normalized spacial score (nSPS) is 17.5. The zero-order valence-corrected chi connectivity index (χ0v) is 18.1. The van der Waals surface area contributed by atoms with E-state index >= 15 is 0 Å². The maximum atomic E-state index is 12.7. The standard InChI is InChI=1S/C23H26N4O3S/c28-15-27(18-10-11-18)22-14-21(20-12-13-24-23(20)25-22)16-6-8-17(9-7-16)26-31(29,30)19-4-2-1-3-5-19/h6-9,12-15,18-19,26H,1-5,10-11H2,(H,24,25). The van der Waals surface area contributed by atoms with Crippen LogP contribution >= 0.6 is 0 Å². The molecule has 2 N–H and O–H groups in total. The first-order chi connectivity index (χ1) is 15.0. The number of rotatable bonds is 7. The molecule has 0 radical (unpaired) electrons. The second kappa shape index (κ2) is 8.00. The molecule has 7 nitrogen and oxygen atoms in total. The van der Waals surface area contributed by atoms with Gasteiger partial charge in [0.15, 0.2) is 0 Å². The van der Waals surface area contributed by atoms with Gasteiger partial charge in [-0.15, -0.1) is 0 Å². The zero-order chi connectivity index (χ0) is 21.4. The van der Waals surface area contributed by atoms with Gasteiger partial charge in [-0.2, -0.15) is 0 Å². The van der Waals surface area contributed by atoms with Gasteiger partial charge in [0.25, 0.3) is 0 Å². The number of H-pyrrole nitrogens is 1. The highest BCUT2D eigenvalue weighted by atomic mass is 32.2. The van der Waals surface area contributed by atoms with Crippen molar-refractivity contribution >= 4 is 39.0 Å². The van der Waals surface area contributed by atoms with Crippen molar-refractivity contribution in [3.05, 3.63) is 42.6 Å². The first-order valence-corrected chi connectivity index (χ1v) is 12.4. The fraction of sp³-hybridized carbons (Fsp3) is 0.391. The molecular formula is C23H26N4O3S. The molecule has 1 aromatic carbocycles. The summed E-state index contributed by atoms with van der Waals surface area (Å²) in [7, 11) is -3.37. The van der Waals surface area contributed by atoms with E-state index in [1.165, 1.54) is 0 Å². The highest BCUT2D eigenvalue weighted by molar-refractivity contribution is 7.93. The van der Waals surface area contributed by atoms with E-state index < -0.39 is 10.0 Å². The van der Waals surface area contributed by atoms with Crippen LogP contribution in [0.4, 0.5) is 11.5 Å². The summed E-state index contributed by atoms with van der Waals surface area (Å²) in [6.45, 7) is 0. The van der Waals surface area contributed by atoms with Gasteiger partial charge < -0.3 is 4.98 Å². The molecule has 2 aliphatic carbocycles. The maximum Gasteiger partial charge on any atom is 0.235 e. The van der Waals surface area contributed by atoms with E-state index in [0.717, 1.165) is 73.5 Å². The number of hydrogen-bond acceptors (Lipinski definition) is 4. The third-order valence-corrected chi connectivity index (χ3v) is 8.15. The summed E-state index contributed by atoms with van der Waals surface area (Å²) in [5.74, 6) is 0.629. The maximum absolute atomic E-state index is 12.7. The van der Waals surface area contributed by atoms with Crippen LogP contribution in [-0.4, -0.2) is 36.1 Å². The molecule has 2 fully saturated rings. The van der Waals surface area contributed by atoms with Crippen molar-refractivity contribution < 1.29 is 13.2 Å². The van der Waals surface area contributed by atoms with Crippen LogP contribution in [0.3, 0.4) is 0 Å². The molecular weight excluding hydrogens is 412 g/mol. The second-order valence-electron chi connectivity index (χ2n) is 8.50. The number of aromatic nitrogens is 2. The molecule has 8 heteroatoms. The monoisotopic (exact) mass is 438 g/mol. The van der Waals surface area contributed by atoms with E-state index in [2.05, 4.69) is 14.7 Å². The van der Waals surface area contributed by atoms with Gasteiger partial charge in [0.05, 0.1) is 5.25 Å². The zero-order valence-electron chi connectivity index (χ0n) is 17.3. The van der Waals surface area contributed by atoms with Gasteiger partial charge >= 0.3 is 0 Å². The van der Waals surface area contributed by atoms with Gasteiger partial charge in [0.2, 0.25) is 16.4 Å². The van der Waals surface area contributed by atoms with Crippen molar-refractivity contribution in [1.29, 1.82) is 0 Å². The molecule has 0 atom stereocenters. The number of aromatic amines is 1. The summed E-state index contributed by atoms with van der Waals surface area (Å²) in [4.78, 5) is 21.1. The van der Waals surface area contributed by atoms with Gasteiger partial charge in [0.1, 0.15) is 11.5 Å². The predicted octanol–water partition coefficient (Wildman–Crippen LogP) is 4.43. The highest BCUT2D eigenvalue weighted by Crippen LogP contribution is 2.35. The van der Waals surface area contributed by atoms with Crippen LogP contribution in [-0.2, 0) is 14.8 Å². The molecule has 2 aliphatic rings. The average molecular weight is 439 g/mol. The van der Waals surface area contributed by atoms with Gasteiger partial charge in [-0.3, -0.25) is 14.4 Å². The summed E-state index contributed by atoms with van der Waals surface area (Å²) in [5, 5.41) is 0.654. The number of fused-ring (bicyclic) bond motifs is 1. The fourth-order valence-electron chi connectivity index (χ4n) is 4.42. The first-order valence-electron chi connectivity index (χ1n) is 10.9. The van der Waals surface area contributed by atoms with Crippen molar-refractivity contribution in [2.75, 3.05) is 9.62 Å².